The van der Waals surface area contributed by atoms with Crippen molar-refractivity contribution in [3.63, 3.8) is 0 Å². The Morgan fingerprint density at radius 1 is 1.00 bits per heavy atom. The molecule has 2 aliphatic rings. The van der Waals surface area contributed by atoms with Crippen molar-refractivity contribution < 1.29 is 28.7 Å². The van der Waals surface area contributed by atoms with Gasteiger partial charge in [0.25, 0.3) is 0 Å². The number of ether oxygens (including phenoxy) is 1. The summed E-state index contributed by atoms with van der Waals surface area (Å²) in [6.45, 7) is 2.24. The molecule has 0 radical (unpaired) electrons. The molecule has 4 amide bonds. The van der Waals surface area contributed by atoms with E-state index in [1.807, 2.05) is 0 Å². The first-order valence-electron chi connectivity index (χ1n) is 10.0. The lowest BCUT2D eigenvalue weighted by Gasteiger charge is -2.19. The molecule has 2 aliphatic heterocycles. The minimum Gasteiger partial charge on any atom is -0.464 e. The van der Waals surface area contributed by atoms with E-state index in [0.717, 1.165) is 0 Å². The van der Waals surface area contributed by atoms with E-state index in [-0.39, 0.29) is 16.8 Å². The second-order valence-corrected chi connectivity index (χ2v) is 9.03. The summed E-state index contributed by atoms with van der Waals surface area (Å²) in [5, 5.41) is 10.4. The number of carbonyl (C=O) groups excluding carboxylic acids is 5. The molecule has 2 rings (SSSR count). The zero-order chi connectivity index (χ0) is 21.9. The van der Waals surface area contributed by atoms with Crippen LogP contribution in [-0.4, -0.2) is 71.0 Å². The minimum atomic E-state index is -0.837. The highest BCUT2D eigenvalue weighted by atomic mass is 32.2. The maximum Gasteiger partial charge on any atom is 0.328 e. The Balaban J connectivity index is 1.68. The molecule has 0 aromatic carbocycles. The number of hydrogen-bond acceptors (Lipinski definition) is 8. The predicted octanol–water partition coefficient (Wildman–Crippen LogP) is 0.751. The molecule has 10 nitrogen and oxygen atoms in total. The van der Waals surface area contributed by atoms with Gasteiger partial charge in [0.2, 0.25) is 10.2 Å². The molecule has 0 aromatic rings. The summed E-state index contributed by atoms with van der Waals surface area (Å²) >= 11 is 2.40. The van der Waals surface area contributed by atoms with Crippen LogP contribution in [0.25, 0.3) is 0 Å². The fourth-order valence-electron chi connectivity index (χ4n) is 2.99. The van der Waals surface area contributed by atoms with Crippen molar-refractivity contribution in [3.8, 4) is 0 Å². The second-order valence-electron chi connectivity index (χ2n) is 6.84. The summed E-state index contributed by atoms with van der Waals surface area (Å²) in [5.41, 5.74) is 0. The number of hydrogen-bond donors (Lipinski definition) is 4. The van der Waals surface area contributed by atoms with E-state index in [0.29, 0.717) is 50.2 Å². The van der Waals surface area contributed by atoms with Gasteiger partial charge in [-0.3, -0.25) is 9.59 Å². The van der Waals surface area contributed by atoms with Gasteiger partial charge in [0.15, 0.2) is 0 Å². The van der Waals surface area contributed by atoms with Crippen molar-refractivity contribution in [1.82, 2.24) is 21.3 Å². The van der Waals surface area contributed by atoms with Gasteiger partial charge >= 0.3 is 18.0 Å². The van der Waals surface area contributed by atoms with Gasteiger partial charge in [0.05, 0.1) is 6.61 Å². The number of amides is 4. The molecule has 2 fully saturated rings. The van der Waals surface area contributed by atoms with Gasteiger partial charge in [-0.1, -0.05) is 23.5 Å². The summed E-state index contributed by atoms with van der Waals surface area (Å²) < 4.78 is 5.01. The number of rotatable bonds is 10. The summed E-state index contributed by atoms with van der Waals surface area (Å²) in [6, 6.07) is -2.78. The van der Waals surface area contributed by atoms with Gasteiger partial charge in [0.1, 0.15) is 18.1 Å². The first kappa shape index (κ1) is 24.3. The van der Waals surface area contributed by atoms with E-state index < -0.39 is 36.2 Å². The lowest BCUT2D eigenvalue weighted by Crippen LogP contribution is -2.50. The van der Waals surface area contributed by atoms with Crippen LogP contribution in [0.1, 0.15) is 39.0 Å². The molecule has 30 heavy (non-hydrogen) atoms. The van der Waals surface area contributed by atoms with E-state index in [4.69, 9.17) is 4.74 Å². The standard InChI is InChI=1S/C18H28N4O6S2/c1-2-28-14(23)11(20-18(27)22-13-7-10-30-16(13)25)5-3-4-8-19-17(26)21-12-6-9-29-15(12)24/h11-13H,2-10H2,1H3,(H2,19,21,26)(H2,20,22,27). The molecular formula is C18H28N4O6S2. The quantitative estimate of drug-likeness (QED) is 0.276. The highest BCUT2D eigenvalue weighted by Crippen LogP contribution is 2.20. The van der Waals surface area contributed by atoms with Crippen LogP contribution in [0.15, 0.2) is 0 Å². The van der Waals surface area contributed by atoms with Crippen molar-refractivity contribution in [2.24, 2.45) is 0 Å². The summed E-state index contributed by atoms with van der Waals surface area (Å²) in [7, 11) is 0. The van der Waals surface area contributed by atoms with E-state index in [9.17, 15) is 24.0 Å². The average molecular weight is 461 g/mol. The number of nitrogens with one attached hydrogen (secondary N) is 4. The maximum absolute atomic E-state index is 12.1. The number of urea groups is 2. The van der Waals surface area contributed by atoms with Crippen LogP contribution < -0.4 is 21.3 Å². The van der Waals surface area contributed by atoms with Crippen molar-refractivity contribution in [2.75, 3.05) is 24.7 Å². The Morgan fingerprint density at radius 3 is 2.13 bits per heavy atom. The van der Waals surface area contributed by atoms with Crippen LogP contribution in [0.4, 0.5) is 9.59 Å². The first-order chi connectivity index (χ1) is 14.4. The summed E-state index contributed by atoms with van der Waals surface area (Å²) in [4.78, 5) is 59.2. The fourth-order valence-corrected chi connectivity index (χ4v) is 4.85. The molecule has 3 unspecified atom stereocenters. The van der Waals surface area contributed by atoms with Gasteiger partial charge in [0, 0.05) is 18.1 Å². The molecule has 0 saturated carbocycles. The third-order valence-electron chi connectivity index (χ3n) is 4.56. The van der Waals surface area contributed by atoms with Gasteiger partial charge in [-0.2, -0.15) is 0 Å². The summed E-state index contributed by atoms with van der Waals surface area (Å²) in [6.07, 6.45) is 2.68. The van der Waals surface area contributed by atoms with E-state index in [1.54, 1.807) is 6.92 Å². The normalized spacial score (nSPS) is 21.8. The van der Waals surface area contributed by atoms with Crippen LogP contribution in [0, 0.1) is 0 Å². The van der Waals surface area contributed by atoms with Gasteiger partial charge < -0.3 is 26.0 Å². The lowest BCUT2D eigenvalue weighted by atomic mass is 10.1. The van der Waals surface area contributed by atoms with Crippen molar-refractivity contribution in [1.29, 1.82) is 0 Å². The molecule has 2 heterocycles. The lowest BCUT2D eigenvalue weighted by molar-refractivity contribution is -0.145. The number of unbranched alkanes of at least 4 members (excludes halogenated alkanes) is 1. The third kappa shape index (κ3) is 8.05. The highest BCUT2D eigenvalue weighted by Gasteiger charge is 2.29. The van der Waals surface area contributed by atoms with Gasteiger partial charge in [-0.25, -0.2) is 14.4 Å². The van der Waals surface area contributed by atoms with E-state index in [2.05, 4.69) is 21.3 Å². The van der Waals surface area contributed by atoms with Crippen LogP contribution in [0.2, 0.25) is 0 Å². The summed E-state index contributed by atoms with van der Waals surface area (Å²) in [5.74, 6) is 0.843. The van der Waals surface area contributed by atoms with E-state index in [1.165, 1.54) is 23.5 Å². The Labute approximate surface area is 183 Å². The largest absolute Gasteiger partial charge is 0.464 e. The van der Waals surface area contributed by atoms with Crippen molar-refractivity contribution in [3.05, 3.63) is 0 Å². The second kappa shape index (κ2) is 12.7. The number of thioether (sulfide) groups is 2. The number of carbonyl (C=O) groups is 5. The average Bonchev–Trinajstić information content (AvgIpc) is 3.29. The van der Waals surface area contributed by atoms with Crippen molar-refractivity contribution in [2.45, 2.75) is 57.2 Å². The Morgan fingerprint density at radius 2 is 1.60 bits per heavy atom. The Hall–Kier alpha value is -1.95. The zero-order valence-corrected chi connectivity index (χ0v) is 18.5. The topological polar surface area (TPSA) is 143 Å². The Bertz CT molecular complexity index is 663. The van der Waals surface area contributed by atoms with Crippen LogP contribution in [0.5, 0.6) is 0 Å². The molecule has 0 aliphatic carbocycles. The van der Waals surface area contributed by atoms with Crippen LogP contribution in [0.3, 0.4) is 0 Å². The monoisotopic (exact) mass is 460 g/mol. The molecule has 3 atom stereocenters. The third-order valence-corrected chi connectivity index (χ3v) is 6.58. The fraction of sp³-hybridized carbons (Fsp3) is 0.722. The van der Waals surface area contributed by atoms with E-state index >= 15 is 0 Å². The molecular weight excluding hydrogens is 432 g/mol. The minimum absolute atomic E-state index is 0.0234. The first-order valence-corrected chi connectivity index (χ1v) is 12.0. The molecule has 168 valence electrons. The molecule has 12 heteroatoms. The van der Waals surface area contributed by atoms with Gasteiger partial charge in [-0.05, 0) is 39.0 Å². The molecule has 0 aromatic heterocycles. The van der Waals surface area contributed by atoms with Crippen LogP contribution >= 0.6 is 23.5 Å². The number of esters is 1. The smallest absolute Gasteiger partial charge is 0.328 e. The van der Waals surface area contributed by atoms with Gasteiger partial charge in [-0.15, -0.1) is 0 Å². The highest BCUT2D eigenvalue weighted by molar-refractivity contribution is 8.14. The predicted molar refractivity (Wildman–Crippen MR) is 114 cm³/mol. The zero-order valence-electron chi connectivity index (χ0n) is 16.9. The molecule has 4 N–H and O–H groups in total. The Kier molecular flexibility index (Phi) is 10.3. The van der Waals surface area contributed by atoms with Crippen LogP contribution in [-0.2, 0) is 19.1 Å². The molecule has 0 spiro atoms. The maximum atomic E-state index is 12.1. The molecule has 2 saturated heterocycles. The SMILES string of the molecule is CCOC(=O)C(CCCCNC(=O)NC1CCSC1=O)NC(=O)NC1CCSC1=O. The molecule has 0 bridgehead atoms. The van der Waals surface area contributed by atoms with Crippen molar-refractivity contribution >= 4 is 51.8 Å².